The molecule has 0 fully saturated rings. The Balaban J connectivity index is 1.87. The third-order valence-corrected chi connectivity index (χ3v) is 4.29. The largest absolute Gasteiger partial charge is 0.494 e. The Morgan fingerprint density at radius 2 is 1.87 bits per heavy atom. The Kier molecular flexibility index (Phi) is 4.45. The summed E-state index contributed by atoms with van der Waals surface area (Å²) in [6.07, 6.45) is 1.53. The van der Waals surface area contributed by atoms with Crippen molar-refractivity contribution in [2.75, 3.05) is 0 Å². The summed E-state index contributed by atoms with van der Waals surface area (Å²) in [7, 11) is 0. The zero-order valence-electron chi connectivity index (χ0n) is 11.9. The number of thiazole rings is 1. The van der Waals surface area contributed by atoms with E-state index in [0.717, 1.165) is 0 Å². The molecule has 0 bridgehead atoms. The molecular weight excluding hydrogens is 328 g/mol. The van der Waals surface area contributed by atoms with Crippen molar-refractivity contribution < 1.29 is 9.90 Å². The van der Waals surface area contributed by atoms with Crippen molar-refractivity contribution >= 4 is 41.2 Å². The van der Waals surface area contributed by atoms with Gasteiger partial charge in [-0.15, -0.1) is 0 Å². The number of nitrogens with zero attached hydrogens (tertiary/aromatic N) is 1. The highest BCUT2D eigenvalue weighted by Crippen LogP contribution is 2.21. The summed E-state index contributed by atoms with van der Waals surface area (Å²) in [5.41, 5.74) is 1.83. The predicted molar refractivity (Wildman–Crippen MR) is 94.7 cm³/mol. The topological polar surface area (TPSA) is 65.5 Å². The first-order valence-electron chi connectivity index (χ1n) is 6.79. The normalized spacial score (nSPS) is 11.0. The molecule has 1 aromatic heterocycles. The lowest BCUT2D eigenvalue weighted by Crippen LogP contribution is -2.00. The summed E-state index contributed by atoms with van der Waals surface area (Å²) in [5.74, 6) is -0.0527. The Morgan fingerprint density at radius 1 is 1.13 bits per heavy atom. The van der Waals surface area contributed by atoms with E-state index in [4.69, 9.17) is 12.2 Å². The molecule has 0 aliphatic carbocycles. The number of carbonyl (C=O) groups excluding carboxylic acids is 1. The van der Waals surface area contributed by atoms with Gasteiger partial charge in [0.1, 0.15) is 4.88 Å². The molecule has 0 unspecified atom stereocenters. The minimum absolute atomic E-state index is 0.000247. The molecule has 0 aliphatic rings. The van der Waals surface area contributed by atoms with Crippen molar-refractivity contribution in [1.82, 2.24) is 4.98 Å². The van der Waals surface area contributed by atoms with Gasteiger partial charge in [-0.2, -0.15) is 0 Å². The number of H-pyrrole nitrogens is 1. The quantitative estimate of drug-likeness (QED) is 0.418. The number of aliphatic imine (C=N–C) groups is 1. The summed E-state index contributed by atoms with van der Waals surface area (Å²) >= 11 is 6.19. The lowest BCUT2D eigenvalue weighted by Gasteiger charge is -2.02. The smallest absolute Gasteiger partial charge is 0.209 e. The second-order valence-corrected chi connectivity index (χ2v) is 6.45. The molecular formula is C17H12N2O2S2. The number of aromatic nitrogens is 1. The summed E-state index contributed by atoms with van der Waals surface area (Å²) in [6, 6.07) is 16.1. The van der Waals surface area contributed by atoms with Gasteiger partial charge < -0.3 is 10.1 Å². The number of nitrogens with one attached hydrogen (secondary N) is 1. The van der Waals surface area contributed by atoms with E-state index in [1.165, 1.54) is 17.6 Å². The van der Waals surface area contributed by atoms with Gasteiger partial charge in [-0.1, -0.05) is 53.8 Å². The van der Waals surface area contributed by atoms with E-state index >= 15 is 0 Å². The number of benzene rings is 2. The number of carbonyl (C=O) groups is 1. The van der Waals surface area contributed by atoms with E-state index in [0.29, 0.717) is 25.6 Å². The molecule has 6 heteroatoms. The third kappa shape index (κ3) is 3.61. The van der Waals surface area contributed by atoms with Gasteiger partial charge in [0.2, 0.25) is 5.88 Å². The molecule has 0 amide bonds. The number of aromatic hydroxyl groups is 1. The van der Waals surface area contributed by atoms with E-state index in [1.54, 1.807) is 36.4 Å². The fourth-order valence-corrected chi connectivity index (χ4v) is 3.00. The number of ketones is 1. The van der Waals surface area contributed by atoms with Crippen molar-refractivity contribution in [3.05, 3.63) is 74.6 Å². The molecule has 23 heavy (non-hydrogen) atoms. The van der Waals surface area contributed by atoms with Crippen LogP contribution >= 0.6 is 23.6 Å². The Bertz CT molecular complexity index is 927. The van der Waals surface area contributed by atoms with E-state index in [1.807, 2.05) is 18.2 Å². The van der Waals surface area contributed by atoms with Crippen molar-refractivity contribution in [3.63, 3.8) is 0 Å². The minimum atomic E-state index is -0.0530. The van der Waals surface area contributed by atoms with Crippen LogP contribution in [-0.2, 0) is 0 Å². The van der Waals surface area contributed by atoms with Gasteiger partial charge in [0.05, 0.1) is 11.9 Å². The summed E-state index contributed by atoms with van der Waals surface area (Å²) in [5, 5.41) is 9.64. The van der Waals surface area contributed by atoms with Crippen molar-refractivity contribution in [2.24, 2.45) is 4.99 Å². The Labute approximate surface area is 141 Å². The van der Waals surface area contributed by atoms with Crippen LogP contribution in [0.2, 0.25) is 0 Å². The maximum absolute atomic E-state index is 12.4. The summed E-state index contributed by atoms with van der Waals surface area (Å²) in [6.45, 7) is 0. The van der Waals surface area contributed by atoms with E-state index in [2.05, 4.69) is 9.98 Å². The molecule has 0 aliphatic heterocycles. The summed E-state index contributed by atoms with van der Waals surface area (Å²) < 4.78 is 0.483. The Morgan fingerprint density at radius 3 is 2.57 bits per heavy atom. The van der Waals surface area contributed by atoms with Gasteiger partial charge in [0.25, 0.3) is 0 Å². The average Bonchev–Trinajstić information content (AvgIpc) is 2.91. The lowest BCUT2D eigenvalue weighted by atomic mass is 10.0. The van der Waals surface area contributed by atoms with Crippen LogP contribution in [0.4, 0.5) is 5.69 Å². The molecule has 0 saturated heterocycles. The standard InChI is InChI=1S/C17H12N2O2S2/c20-15(11-5-2-1-3-6-11)12-7-4-8-13(9-12)18-10-14-16(21)19-17(22)23-14/h1-10,21H,(H,19,22). The molecule has 3 rings (SSSR count). The van der Waals surface area contributed by atoms with Gasteiger partial charge in [0.15, 0.2) is 9.74 Å². The fraction of sp³-hybridized carbons (Fsp3) is 0. The van der Waals surface area contributed by atoms with Crippen molar-refractivity contribution in [3.8, 4) is 5.88 Å². The molecule has 0 spiro atoms. The zero-order valence-corrected chi connectivity index (χ0v) is 13.5. The first kappa shape index (κ1) is 15.3. The van der Waals surface area contributed by atoms with Crippen LogP contribution in [0.5, 0.6) is 5.88 Å². The molecule has 114 valence electrons. The first-order chi connectivity index (χ1) is 11.1. The highest BCUT2D eigenvalue weighted by Gasteiger charge is 2.08. The van der Waals surface area contributed by atoms with Gasteiger partial charge in [-0.25, -0.2) is 0 Å². The number of rotatable bonds is 4. The molecule has 0 atom stereocenters. The van der Waals surface area contributed by atoms with Gasteiger partial charge in [-0.05, 0) is 24.4 Å². The molecule has 1 heterocycles. The second-order valence-electron chi connectivity index (χ2n) is 4.73. The minimum Gasteiger partial charge on any atom is -0.494 e. The number of hydrogen-bond donors (Lipinski definition) is 2. The maximum atomic E-state index is 12.4. The predicted octanol–water partition coefficient (Wildman–Crippen LogP) is 4.49. The molecule has 4 nitrogen and oxygen atoms in total. The third-order valence-electron chi connectivity index (χ3n) is 3.13. The fourth-order valence-electron chi connectivity index (χ4n) is 2.04. The Hall–Kier alpha value is -2.57. The monoisotopic (exact) mass is 340 g/mol. The zero-order chi connectivity index (χ0) is 16.2. The molecule has 3 aromatic rings. The van der Waals surface area contributed by atoms with E-state index in [9.17, 15) is 9.90 Å². The first-order valence-corrected chi connectivity index (χ1v) is 8.02. The van der Waals surface area contributed by atoms with Crippen LogP contribution in [0, 0.1) is 3.95 Å². The SMILES string of the molecule is O=C(c1ccccc1)c1cccc(N=Cc2sc(=S)[nH]c2O)c1. The summed E-state index contributed by atoms with van der Waals surface area (Å²) in [4.78, 5) is 19.9. The van der Waals surface area contributed by atoms with Crippen LogP contribution in [0.25, 0.3) is 0 Å². The van der Waals surface area contributed by atoms with Crippen molar-refractivity contribution in [2.45, 2.75) is 0 Å². The van der Waals surface area contributed by atoms with Crippen LogP contribution < -0.4 is 0 Å². The van der Waals surface area contributed by atoms with Gasteiger partial charge in [0, 0.05) is 11.1 Å². The van der Waals surface area contributed by atoms with Gasteiger partial charge >= 0.3 is 0 Å². The van der Waals surface area contributed by atoms with Crippen LogP contribution in [0.3, 0.4) is 0 Å². The highest BCUT2D eigenvalue weighted by atomic mass is 32.1. The van der Waals surface area contributed by atoms with Crippen LogP contribution in [-0.4, -0.2) is 22.1 Å². The van der Waals surface area contributed by atoms with E-state index < -0.39 is 0 Å². The van der Waals surface area contributed by atoms with E-state index in [-0.39, 0.29) is 11.7 Å². The maximum Gasteiger partial charge on any atom is 0.209 e. The van der Waals surface area contributed by atoms with Crippen LogP contribution in [0.1, 0.15) is 20.8 Å². The van der Waals surface area contributed by atoms with Crippen LogP contribution in [0.15, 0.2) is 59.6 Å². The molecule has 0 saturated carbocycles. The highest BCUT2D eigenvalue weighted by molar-refractivity contribution is 7.73. The molecule has 0 radical (unpaired) electrons. The second kappa shape index (κ2) is 6.68. The van der Waals surface area contributed by atoms with Crippen molar-refractivity contribution in [1.29, 1.82) is 0 Å². The molecule has 2 aromatic carbocycles. The molecule has 2 N–H and O–H groups in total. The number of hydrogen-bond acceptors (Lipinski definition) is 5. The lowest BCUT2D eigenvalue weighted by molar-refractivity contribution is 0.103. The number of aromatic amines is 1. The van der Waals surface area contributed by atoms with Gasteiger partial charge in [-0.3, -0.25) is 9.79 Å². The average molecular weight is 340 g/mol.